The summed E-state index contributed by atoms with van der Waals surface area (Å²) in [5.41, 5.74) is 6.54. The van der Waals surface area contributed by atoms with Crippen molar-refractivity contribution in [2.75, 3.05) is 0 Å². The van der Waals surface area contributed by atoms with Crippen molar-refractivity contribution in [1.82, 2.24) is 5.32 Å². The summed E-state index contributed by atoms with van der Waals surface area (Å²) >= 11 is 0. The predicted octanol–water partition coefficient (Wildman–Crippen LogP) is 2.10. The summed E-state index contributed by atoms with van der Waals surface area (Å²) in [5, 5.41) is 3.21. The first kappa shape index (κ1) is 15.9. The van der Waals surface area contributed by atoms with Gasteiger partial charge in [-0.2, -0.15) is 0 Å². The summed E-state index contributed by atoms with van der Waals surface area (Å²) in [5.74, 6) is -0.00788. The lowest BCUT2D eigenvalue weighted by Crippen LogP contribution is -2.45. The monoisotopic (exact) mass is 256 g/mol. The van der Waals surface area contributed by atoms with Crippen LogP contribution in [0.1, 0.15) is 25.8 Å². The molecule has 3 nitrogen and oxygen atoms in total. The molecule has 0 aliphatic rings. The minimum Gasteiger partial charge on any atom is -0.368 e. The molecule has 1 aromatic carbocycles. The van der Waals surface area contributed by atoms with Gasteiger partial charge in [0.05, 0.1) is 6.04 Å². The Hall–Kier alpha value is -1.06. The molecule has 0 radical (unpaired) electrons. The average molecular weight is 257 g/mol. The molecule has 3 N–H and O–H groups in total. The standard InChI is InChI=1S/C13H20N2O.ClH/c1-3-10(2)12(13(14)16)15-9-11-7-5-4-6-8-11;/h4-8,10,12,15H,3,9H2,1-2H3,(H2,14,16);1H. The molecule has 0 fully saturated rings. The molecule has 0 heterocycles. The van der Waals surface area contributed by atoms with Crippen molar-refractivity contribution in [2.45, 2.75) is 32.9 Å². The maximum Gasteiger partial charge on any atom is 0.234 e. The van der Waals surface area contributed by atoms with Gasteiger partial charge in [0, 0.05) is 6.54 Å². The molecule has 0 saturated heterocycles. The lowest BCUT2D eigenvalue weighted by atomic mass is 9.98. The Morgan fingerprint density at radius 1 is 1.35 bits per heavy atom. The van der Waals surface area contributed by atoms with Crippen molar-refractivity contribution in [1.29, 1.82) is 0 Å². The molecule has 0 saturated carbocycles. The topological polar surface area (TPSA) is 55.1 Å². The van der Waals surface area contributed by atoms with Crippen molar-refractivity contribution >= 4 is 18.3 Å². The van der Waals surface area contributed by atoms with Crippen molar-refractivity contribution in [3.63, 3.8) is 0 Å². The van der Waals surface area contributed by atoms with E-state index in [0.29, 0.717) is 6.54 Å². The molecule has 1 aromatic rings. The highest BCUT2D eigenvalue weighted by Gasteiger charge is 2.20. The fraction of sp³-hybridized carbons (Fsp3) is 0.462. The molecule has 96 valence electrons. The van der Waals surface area contributed by atoms with Crippen LogP contribution >= 0.6 is 12.4 Å². The van der Waals surface area contributed by atoms with Crippen LogP contribution in [-0.2, 0) is 11.3 Å². The third-order valence-electron chi connectivity index (χ3n) is 2.89. The van der Waals surface area contributed by atoms with Gasteiger partial charge in [0.15, 0.2) is 0 Å². The fourth-order valence-corrected chi connectivity index (χ4v) is 1.64. The van der Waals surface area contributed by atoms with E-state index in [1.54, 1.807) is 0 Å². The van der Waals surface area contributed by atoms with Crippen LogP contribution in [0.25, 0.3) is 0 Å². The van der Waals surface area contributed by atoms with Gasteiger partial charge >= 0.3 is 0 Å². The van der Waals surface area contributed by atoms with Gasteiger partial charge in [-0.3, -0.25) is 4.79 Å². The normalized spacial score (nSPS) is 13.5. The summed E-state index contributed by atoms with van der Waals surface area (Å²) < 4.78 is 0. The van der Waals surface area contributed by atoms with Gasteiger partial charge in [0.1, 0.15) is 0 Å². The van der Waals surface area contributed by atoms with Crippen LogP contribution in [0.3, 0.4) is 0 Å². The summed E-state index contributed by atoms with van der Waals surface area (Å²) in [7, 11) is 0. The van der Waals surface area contributed by atoms with E-state index in [-0.39, 0.29) is 30.3 Å². The smallest absolute Gasteiger partial charge is 0.234 e. The minimum absolute atomic E-state index is 0. The van der Waals surface area contributed by atoms with Gasteiger partial charge in [-0.15, -0.1) is 12.4 Å². The number of hydrogen-bond donors (Lipinski definition) is 2. The van der Waals surface area contributed by atoms with E-state index >= 15 is 0 Å². The van der Waals surface area contributed by atoms with Crippen molar-refractivity contribution in [3.05, 3.63) is 35.9 Å². The average Bonchev–Trinajstić information content (AvgIpc) is 2.30. The first-order valence-corrected chi connectivity index (χ1v) is 5.71. The fourth-order valence-electron chi connectivity index (χ4n) is 1.64. The van der Waals surface area contributed by atoms with Crippen molar-refractivity contribution in [3.8, 4) is 0 Å². The van der Waals surface area contributed by atoms with E-state index in [1.807, 2.05) is 37.3 Å². The van der Waals surface area contributed by atoms with E-state index in [2.05, 4.69) is 12.2 Å². The van der Waals surface area contributed by atoms with E-state index in [4.69, 9.17) is 5.73 Å². The third kappa shape index (κ3) is 5.20. The number of benzene rings is 1. The molecule has 0 aliphatic carbocycles. The molecule has 2 atom stereocenters. The first-order chi connectivity index (χ1) is 7.65. The van der Waals surface area contributed by atoms with Crippen LogP contribution in [0, 0.1) is 5.92 Å². The van der Waals surface area contributed by atoms with Gasteiger partial charge in [-0.25, -0.2) is 0 Å². The number of rotatable bonds is 6. The molecule has 0 spiro atoms. The van der Waals surface area contributed by atoms with Crippen LogP contribution in [-0.4, -0.2) is 11.9 Å². The van der Waals surface area contributed by atoms with Crippen LogP contribution in [0.15, 0.2) is 30.3 Å². The molecule has 0 aliphatic heterocycles. The van der Waals surface area contributed by atoms with Crippen LogP contribution < -0.4 is 11.1 Å². The van der Waals surface area contributed by atoms with Gasteiger partial charge in [-0.1, -0.05) is 50.6 Å². The number of amides is 1. The molecule has 2 unspecified atom stereocenters. The summed E-state index contributed by atoms with van der Waals surface area (Å²) in [4.78, 5) is 11.3. The van der Waals surface area contributed by atoms with Crippen molar-refractivity contribution in [2.24, 2.45) is 11.7 Å². The van der Waals surface area contributed by atoms with Gasteiger partial charge in [-0.05, 0) is 11.5 Å². The van der Waals surface area contributed by atoms with Crippen LogP contribution in [0.5, 0.6) is 0 Å². The molecule has 0 bridgehead atoms. The Labute approximate surface area is 109 Å². The molecule has 1 rings (SSSR count). The van der Waals surface area contributed by atoms with Crippen molar-refractivity contribution < 1.29 is 4.79 Å². The van der Waals surface area contributed by atoms with Crippen LogP contribution in [0.2, 0.25) is 0 Å². The zero-order chi connectivity index (χ0) is 12.0. The number of carbonyl (C=O) groups is 1. The molecule has 1 amide bonds. The number of hydrogen-bond acceptors (Lipinski definition) is 2. The Morgan fingerprint density at radius 3 is 2.41 bits per heavy atom. The maximum atomic E-state index is 11.3. The van der Waals surface area contributed by atoms with E-state index in [0.717, 1.165) is 12.0 Å². The largest absolute Gasteiger partial charge is 0.368 e. The minimum atomic E-state index is -0.273. The SMILES string of the molecule is CCC(C)C(NCc1ccccc1)C(N)=O.Cl. The zero-order valence-corrected chi connectivity index (χ0v) is 11.2. The number of halogens is 1. The lowest BCUT2D eigenvalue weighted by Gasteiger charge is -2.21. The number of carbonyl (C=O) groups excluding carboxylic acids is 1. The Balaban J connectivity index is 0.00000256. The summed E-state index contributed by atoms with van der Waals surface area (Å²) in [6.45, 7) is 4.77. The Morgan fingerprint density at radius 2 is 1.94 bits per heavy atom. The first-order valence-electron chi connectivity index (χ1n) is 5.71. The molecular weight excluding hydrogens is 236 g/mol. The summed E-state index contributed by atoms with van der Waals surface area (Å²) in [6.07, 6.45) is 0.940. The second-order valence-electron chi connectivity index (χ2n) is 4.13. The molecule has 17 heavy (non-hydrogen) atoms. The Bertz CT molecular complexity index is 329. The van der Waals surface area contributed by atoms with E-state index in [9.17, 15) is 4.79 Å². The lowest BCUT2D eigenvalue weighted by molar-refractivity contribution is -0.121. The quantitative estimate of drug-likeness (QED) is 0.819. The molecular formula is C13H21ClN2O. The van der Waals surface area contributed by atoms with E-state index < -0.39 is 0 Å². The molecule has 0 aromatic heterocycles. The highest BCUT2D eigenvalue weighted by atomic mass is 35.5. The third-order valence-corrected chi connectivity index (χ3v) is 2.89. The number of primary amides is 1. The molecule has 4 heteroatoms. The second-order valence-corrected chi connectivity index (χ2v) is 4.13. The second kappa shape index (κ2) is 8.09. The number of nitrogens with one attached hydrogen (secondary N) is 1. The van der Waals surface area contributed by atoms with Gasteiger partial charge < -0.3 is 11.1 Å². The van der Waals surface area contributed by atoms with Crippen LogP contribution in [0.4, 0.5) is 0 Å². The summed E-state index contributed by atoms with van der Waals surface area (Å²) in [6, 6.07) is 9.76. The van der Waals surface area contributed by atoms with E-state index in [1.165, 1.54) is 0 Å². The number of nitrogens with two attached hydrogens (primary N) is 1. The Kier molecular flexibility index (Phi) is 7.59. The highest BCUT2D eigenvalue weighted by molar-refractivity contribution is 5.85. The predicted molar refractivity (Wildman–Crippen MR) is 73.0 cm³/mol. The zero-order valence-electron chi connectivity index (χ0n) is 10.3. The highest BCUT2D eigenvalue weighted by Crippen LogP contribution is 2.08. The van der Waals surface area contributed by atoms with Gasteiger partial charge in [0.2, 0.25) is 5.91 Å². The van der Waals surface area contributed by atoms with Gasteiger partial charge in [0.25, 0.3) is 0 Å². The maximum absolute atomic E-state index is 11.3.